The lowest BCUT2D eigenvalue weighted by molar-refractivity contribution is -0.149. The number of carbonyl (C=O) groups excluding carboxylic acids is 1. The van der Waals surface area contributed by atoms with Crippen LogP contribution in [0.1, 0.15) is 45.4 Å². The van der Waals surface area contributed by atoms with E-state index in [2.05, 4.69) is 16.8 Å². The zero-order valence-corrected chi connectivity index (χ0v) is 13.1. The zero-order valence-electron chi connectivity index (χ0n) is 13.1. The summed E-state index contributed by atoms with van der Waals surface area (Å²) in [5, 5.41) is 0. The number of piperidine rings is 2. The maximum Gasteiger partial charge on any atom is 0.310 e. The highest BCUT2D eigenvalue weighted by Crippen LogP contribution is 2.21. The van der Waals surface area contributed by atoms with Crippen LogP contribution in [0.15, 0.2) is 0 Å². The number of likely N-dealkylation sites (tertiary alicyclic amines) is 2. The molecular weight excluding hydrogens is 252 g/mol. The lowest BCUT2D eigenvalue weighted by Gasteiger charge is -2.36. The highest BCUT2D eigenvalue weighted by molar-refractivity contribution is 5.72. The zero-order chi connectivity index (χ0) is 14.4. The molecule has 4 heteroatoms. The fourth-order valence-electron chi connectivity index (χ4n) is 3.55. The van der Waals surface area contributed by atoms with Gasteiger partial charge in [0.05, 0.1) is 12.5 Å². The molecule has 0 aromatic heterocycles. The Morgan fingerprint density at radius 1 is 1.20 bits per heavy atom. The van der Waals surface area contributed by atoms with Crippen molar-refractivity contribution in [3.8, 4) is 0 Å². The summed E-state index contributed by atoms with van der Waals surface area (Å²) in [6, 6.07) is 0.742. The minimum atomic E-state index is 0.00647. The second-order valence-electron chi connectivity index (χ2n) is 6.31. The van der Waals surface area contributed by atoms with Gasteiger partial charge in [-0.15, -0.1) is 0 Å². The van der Waals surface area contributed by atoms with Crippen LogP contribution in [0.25, 0.3) is 0 Å². The van der Waals surface area contributed by atoms with Crippen molar-refractivity contribution in [1.29, 1.82) is 0 Å². The van der Waals surface area contributed by atoms with E-state index in [0.717, 1.165) is 38.5 Å². The molecule has 2 fully saturated rings. The monoisotopic (exact) mass is 282 g/mol. The van der Waals surface area contributed by atoms with E-state index >= 15 is 0 Å². The van der Waals surface area contributed by atoms with Crippen molar-refractivity contribution in [2.45, 2.75) is 51.5 Å². The number of hydrogen-bond donors (Lipinski definition) is 0. The predicted molar refractivity (Wildman–Crippen MR) is 80.7 cm³/mol. The molecule has 20 heavy (non-hydrogen) atoms. The molecule has 0 amide bonds. The fraction of sp³-hybridized carbons (Fsp3) is 0.938. The normalized spacial score (nSPS) is 29.3. The van der Waals surface area contributed by atoms with E-state index in [9.17, 15) is 4.79 Å². The van der Waals surface area contributed by atoms with Crippen molar-refractivity contribution in [1.82, 2.24) is 9.80 Å². The van der Waals surface area contributed by atoms with Crippen LogP contribution in [0.2, 0.25) is 0 Å². The second kappa shape index (κ2) is 7.99. The van der Waals surface area contributed by atoms with Crippen molar-refractivity contribution in [3.05, 3.63) is 0 Å². The van der Waals surface area contributed by atoms with Gasteiger partial charge in [-0.05, 0) is 65.7 Å². The van der Waals surface area contributed by atoms with Crippen LogP contribution in [-0.4, -0.2) is 61.6 Å². The minimum Gasteiger partial charge on any atom is -0.466 e. The molecule has 0 radical (unpaired) electrons. The molecule has 116 valence electrons. The average molecular weight is 282 g/mol. The Kier molecular flexibility index (Phi) is 6.30. The molecule has 2 aliphatic heterocycles. The Morgan fingerprint density at radius 2 is 2.05 bits per heavy atom. The molecule has 2 unspecified atom stereocenters. The van der Waals surface area contributed by atoms with Crippen LogP contribution in [0.3, 0.4) is 0 Å². The van der Waals surface area contributed by atoms with Crippen molar-refractivity contribution in [2.75, 3.05) is 39.8 Å². The molecular formula is C16H30N2O2. The van der Waals surface area contributed by atoms with Gasteiger partial charge in [0, 0.05) is 12.6 Å². The van der Waals surface area contributed by atoms with Gasteiger partial charge in [-0.25, -0.2) is 0 Å². The summed E-state index contributed by atoms with van der Waals surface area (Å²) in [5.41, 5.74) is 0. The van der Waals surface area contributed by atoms with Crippen molar-refractivity contribution >= 4 is 5.97 Å². The van der Waals surface area contributed by atoms with Crippen LogP contribution in [0.5, 0.6) is 0 Å². The molecule has 0 spiro atoms. The smallest absolute Gasteiger partial charge is 0.310 e. The van der Waals surface area contributed by atoms with Crippen LogP contribution in [0, 0.1) is 5.92 Å². The van der Waals surface area contributed by atoms with Crippen LogP contribution >= 0.6 is 0 Å². The van der Waals surface area contributed by atoms with Gasteiger partial charge in [-0.3, -0.25) is 4.79 Å². The van der Waals surface area contributed by atoms with Gasteiger partial charge in [0.25, 0.3) is 0 Å². The standard InChI is InChI=1S/C16H30N2O2/c1-3-20-16(19)14-7-6-11-18(13-14)12-9-15-8-4-5-10-17(15)2/h14-15H,3-13H2,1-2H3. The van der Waals surface area contributed by atoms with Crippen molar-refractivity contribution in [3.63, 3.8) is 0 Å². The SMILES string of the molecule is CCOC(=O)C1CCCN(CCC2CCCCN2C)C1. The molecule has 0 aliphatic carbocycles. The Morgan fingerprint density at radius 3 is 2.80 bits per heavy atom. The summed E-state index contributed by atoms with van der Waals surface area (Å²) >= 11 is 0. The van der Waals surface area contributed by atoms with E-state index < -0.39 is 0 Å². The van der Waals surface area contributed by atoms with E-state index in [-0.39, 0.29) is 11.9 Å². The Hall–Kier alpha value is -0.610. The number of rotatable bonds is 5. The van der Waals surface area contributed by atoms with Crippen molar-refractivity contribution in [2.24, 2.45) is 5.92 Å². The van der Waals surface area contributed by atoms with Gasteiger partial charge in [0.1, 0.15) is 0 Å². The third kappa shape index (κ3) is 4.45. The Labute approximate surface area is 123 Å². The molecule has 2 rings (SSSR count). The molecule has 0 aromatic carbocycles. The first-order valence-corrected chi connectivity index (χ1v) is 8.30. The topological polar surface area (TPSA) is 32.8 Å². The van der Waals surface area contributed by atoms with E-state index in [1.165, 1.54) is 32.2 Å². The first kappa shape index (κ1) is 15.8. The van der Waals surface area contributed by atoms with Gasteiger partial charge >= 0.3 is 5.97 Å². The lowest BCUT2D eigenvalue weighted by atomic mass is 9.96. The second-order valence-corrected chi connectivity index (χ2v) is 6.31. The quantitative estimate of drug-likeness (QED) is 0.723. The third-order valence-electron chi connectivity index (χ3n) is 4.83. The number of ether oxygens (including phenoxy) is 1. The third-order valence-corrected chi connectivity index (χ3v) is 4.83. The van der Waals surface area contributed by atoms with Gasteiger partial charge < -0.3 is 14.5 Å². The summed E-state index contributed by atoms with van der Waals surface area (Å²) in [4.78, 5) is 16.8. The number of hydrogen-bond acceptors (Lipinski definition) is 4. The Balaban J connectivity index is 1.73. The predicted octanol–water partition coefficient (Wildman–Crippen LogP) is 2.14. The molecule has 0 bridgehead atoms. The molecule has 2 saturated heterocycles. The molecule has 2 atom stereocenters. The maximum atomic E-state index is 11.8. The minimum absolute atomic E-state index is 0.00647. The van der Waals surface area contributed by atoms with Gasteiger partial charge in [-0.1, -0.05) is 6.42 Å². The fourth-order valence-corrected chi connectivity index (χ4v) is 3.55. The molecule has 4 nitrogen and oxygen atoms in total. The first-order valence-electron chi connectivity index (χ1n) is 8.30. The number of carbonyl (C=O) groups is 1. The van der Waals surface area contributed by atoms with E-state index in [1.54, 1.807) is 0 Å². The van der Waals surface area contributed by atoms with Crippen molar-refractivity contribution < 1.29 is 9.53 Å². The van der Waals surface area contributed by atoms with Gasteiger partial charge in [0.15, 0.2) is 0 Å². The first-order chi connectivity index (χ1) is 9.70. The molecule has 2 aliphatic rings. The van der Waals surface area contributed by atoms with E-state index in [4.69, 9.17) is 4.74 Å². The largest absolute Gasteiger partial charge is 0.466 e. The van der Waals surface area contributed by atoms with E-state index in [0.29, 0.717) is 6.61 Å². The molecule has 0 aromatic rings. The number of esters is 1. The summed E-state index contributed by atoms with van der Waals surface area (Å²) in [6.45, 7) is 6.81. The number of nitrogens with zero attached hydrogens (tertiary/aromatic N) is 2. The van der Waals surface area contributed by atoms with Gasteiger partial charge in [0.2, 0.25) is 0 Å². The van der Waals surface area contributed by atoms with Crippen LogP contribution in [0.4, 0.5) is 0 Å². The molecule has 2 heterocycles. The summed E-state index contributed by atoms with van der Waals surface area (Å²) in [7, 11) is 2.25. The molecule has 0 saturated carbocycles. The average Bonchev–Trinajstić information content (AvgIpc) is 2.47. The summed E-state index contributed by atoms with van der Waals surface area (Å²) in [5.74, 6) is 0.111. The molecule has 0 N–H and O–H groups in total. The summed E-state index contributed by atoms with van der Waals surface area (Å²) in [6.07, 6.45) is 7.43. The maximum absolute atomic E-state index is 11.8. The highest BCUT2D eigenvalue weighted by Gasteiger charge is 2.27. The highest BCUT2D eigenvalue weighted by atomic mass is 16.5. The summed E-state index contributed by atoms with van der Waals surface area (Å²) < 4.78 is 5.17. The Bertz CT molecular complexity index is 309. The van der Waals surface area contributed by atoms with Crippen LogP contribution < -0.4 is 0 Å². The lowest BCUT2D eigenvalue weighted by Crippen LogP contribution is -2.43. The van der Waals surface area contributed by atoms with Gasteiger partial charge in [-0.2, -0.15) is 0 Å². The van der Waals surface area contributed by atoms with E-state index in [1.807, 2.05) is 6.92 Å². The van der Waals surface area contributed by atoms with Crippen LogP contribution in [-0.2, 0) is 9.53 Å².